The van der Waals surface area contributed by atoms with Gasteiger partial charge in [0.1, 0.15) is 0 Å². The number of hydrogen-bond donors (Lipinski definition) is 1. The van der Waals surface area contributed by atoms with Crippen molar-refractivity contribution in [2.75, 3.05) is 5.32 Å². The molecule has 4 rings (SSSR count). The van der Waals surface area contributed by atoms with Crippen molar-refractivity contribution in [3.8, 4) is 0 Å². The molecule has 1 N–H and O–H groups in total. The van der Waals surface area contributed by atoms with Gasteiger partial charge in [0.25, 0.3) is 0 Å². The average Bonchev–Trinajstić information content (AvgIpc) is 2.79. The zero-order valence-electron chi connectivity index (χ0n) is 16.1. The SMILES string of the molecule is C[C@H](C(=O)Nc1cccc2ccccc12)c1cccc(C(=O)c2ccccc2)c1. The molecule has 0 aliphatic rings. The van der Waals surface area contributed by atoms with E-state index >= 15 is 0 Å². The lowest BCUT2D eigenvalue weighted by Crippen LogP contribution is -2.19. The first-order chi connectivity index (χ1) is 14.1. The second-order valence-electron chi connectivity index (χ2n) is 7.06. The minimum Gasteiger partial charge on any atom is -0.325 e. The highest BCUT2D eigenvalue weighted by Crippen LogP contribution is 2.25. The van der Waals surface area contributed by atoms with Crippen LogP contribution in [0.25, 0.3) is 10.8 Å². The summed E-state index contributed by atoms with van der Waals surface area (Å²) in [7, 11) is 0. The van der Waals surface area contributed by atoms with E-state index in [1.807, 2.05) is 85.8 Å². The molecule has 3 heteroatoms. The first kappa shape index (κ1) is 18.6. The largest absolute Gasteiger partial charge is 0.325 e. The van der Waals surface area contributed by atoms with Crippen LogP contribution in [0.5, 0.6) is 0 Å². The highest BCUT2D eigenvalue weighted by atomic mass is 16.2. The van der Waals surface area contributed by atoms with Crippen molar-refractivity contribution < 1.29 is 9.59 Å². The third kappa shape index (κ3) is 3.94. The molecule has 0 spiro atoms. The predicted octanol–water partition coefficient (Wildman–Crippen LogP) is 5.81. The summed E-state index contributed by atoms with van der Waals surface area (Å²) in [6.45, 7) is 1.85. The second kappa shape index (κ2) is 8.11. The zero-order valence-corrected chi connectivity index (χ0v) is 16.1. The summed E-state index contributed by atoms with van der Waals surface area (Å²) < 4.78 is 0. The first-order valence-electron chi connectivity index (χ1n) is 9.62. The Bertz CT molecular complexity index is 1180. The summed E-state index contributed by atoms with van der Waals surface area (Å²) in [6.07, 6.45) is 0. The van der Waals surface area contributed by atoms with Crippen LogP contribution < -0.4 is 5.32 Å². The normalized spacial score (nSPS) is 11.8. The average molecular weight is 379 g/mol. The van der Waals surface area contributed by atoms with Gasteiger partial charge in [-0.1, -0.05) is 84.9 Å². The van der Waals surface area contributed by atoms with Gasteiger partial charge in [-0.2, -0.15) is 0 Å². The highest BCUT2D eigenvalue weighted by molar-refractivity contribution is 6.09. The van der Waals surface area contributed by atoms with Gasteiger partial charge >= 0.3 is 0 Å². The van der Waals surface area contributed by atoms with E-state index in [-0.39, 0.29) is 11.7 Å². The number of amides is 1. The van der Waals surface area contributed by atoms with E-state index in [1.165, 1.54) is 0 Å². The topological polar surface area (TPSA) is 46.2 Å². The highest BCUT2D eigenvalue weighted by Gasteiger charge is 2.18. The van der Waals surface area contributed by atoms with Crippen molar-refractivity contribution in [2.24, 2.45) is 0 Å². The Morgan fingerprint density at radius 2 is 1.38 bits per heavy atom. The Morgan fingerprint density at radius 1 is 0.724 bits per heavy atom. The lowest BCUT2D eigenvalue weighted by atomic mass is 9.95. The van der Waals surface area contributed by atoms with Gasteiger partial charge in [0.15, 0.2) is 5.78 Å². The number of anilines is 1. The molecule has 0 aromatic heterocycles. The molecule has 0 unspecified atom stereocenters. The van der Waals surface area contributed by atoms with Crippen LogP contribution in [0.4, 0.5) is 5.69 Å². The van der Waals surface area contributed by atoms with E-state index in [0.29, 0.717) is 11.1 Å². The van der Waals surface area contributed by atoms with Gasteiger partial charge < -0.3 is 5.32 Å². The summed E-state index contributed by atoms with van der Waals surface area (Å²) >= 11 is 0. The molecule has 0 aliphatic carbocycles. The van der Waals surface area contributed by atoms with Crippen molar-refractivity contribution in [3.05, 3.63) is 114 Å². The van der Waals surface area contributed by atoms with E-state index in [9.17, 15) is 9.59 Å². The van der Waals surface area contributed by atoms with Crippen LogP contribution in [0, 0.1) is 0 Å². The van der Waals surface area contributed by atoms with Crippen LogP contribution in [-0.4, -0.2) is 11.7 Å². The molecule has 0 saturated carbocycles. The van der Waals surface area contributed by atoms with Crippen LogP contribution in [0.3, 0.4) is 0 Å². The maximum absolute atomic E-state index is 12.9. The van der Waals surface area contributed by atoms with E-state index < -0.39 is 5.92 Å². The maximum Gasteiger partial charge on any atom is 0.231 e. The number of fused-ring (bicyclic) bond motifs is 1. The van der Waals surface area contributed by atoms with Gasteiger partial charge in [-0.15, -0.1) is 0 Å². The van der Waals surface area contributed by atoms with Gasteiger partial charge in [-0.25, -0.2) is 0 Å². The fourth-order valence-electron chi connectivity index (χ4n) is 3.43. The Morgan fingerprint density at radius 3 is 2.21 bits per heavy atom. The van der Waals surface area contributed by atoms with Crippen molar-refractivity contribution in [2.45, 2.75) is 12.8 Å². The standard InChI is InChI=1S/C26H21NO2/c1-18(26(29)27-24-16-8-12-19-9-5-6-15-23(19)24)21-13-7-14-22(17-21)25(28)20-10-3-2-4-11-20/h2-18H,1H3,(H,27,29)/t18-/m0/s1. The number of carbonyl (C=O) groups excluding carboxylic acids is 2. The van der Waals surface area contributed by atoms with Gasteiger partial charge in [0.05, 0.1) is 5.92 Å². The van der Waals surface area contributed by atoms with E-state index in [1.54, 1.807) is 18.2 Å². The molecule has 142 valence electrons. The summed E-state index contributed by atoms with van der Waals surface area (Å²) in [4.78, 5) is 25.6. The van der Waals surface area contributed by atoms with Gasteiger partial charge in [-0.05, 0) is 30.0 Å². The molecule has 4 aromatic rings. The number of hydrogen-bond acceptors (Lipinski definition) is 2. The third-order valence-corrected chi connectivity index (χ3v) is 5.13. The van der Waals surface area contributed by atoms with Crippen molar-refractivity contribution in [1.82, 2.24) is 0 Å². The van der Waals surface area contributed by atoms with Gasteiger partial charge in [0.2, 0.25) is 5.91 Å². The predicted molar refractivity (Wildman–Crippen MR) is 117 cm³/mol. The molecule has 0 aliphatic heterocycles. The number of benzene rings is 4. The van der Waals surface area contributed by atoms with Crippen molar-refractivity contribution >= 4 is 28.2 Å². The van der Waals surface area contributed by atoms with Crippen LogP contribution in [-0.2, 0) is 4.79 Å². The summed E-state index contributed by atoms with van der Waals surface area (Å²) in [5.41, 5.74) is 2.82. The Hall–Kier alpha value is -3.72. The van der Waals surface area contributed by atoms with Gasteiger partial charge in [-0.3, -0.25) is 9.59 Å². The number of rotatable bonds is 5. The smallest absolute Gasteiger partial charge is 0.231 e. The Labute approximate surface area is 170 Å². The quantitative estimate of drug-likeness (QED) is 0.445. The van der Waals surface area contributed by atoms with Crippen LogP contribution in [0.1, 0.15) is 34.3 Å². The van der Waals surface area contributed by atoms with Gasteiger partial charge in [0, 0.05) is 22.2 Å². The number of carbonyl (C=O) groups is 2. The zero-order chi connectivity index (χ0) is 20.2. The molecular formula is C26H21NO2. The van der Waals surface area contributed by atoms with E-state index in [2.05, 4.69) is 5.32 Å². The fraction of sp³-hybridized carbons (Fsp3) is 0.0769. The molecule has 1 amide bonds. The minimum absolute atomic E-state index is 0.0471. The Balaban J connectivity index is 1.57. The fourth-order valence-corrected chi connectivity index (χ4v) is 3.43. The van der Waals surface area contributed by atoms with Crippen LogP contribution >= 0.6 is 0 Å². The third-order valence-electron chi connectivity index (χ3n) is 5.13. The number of ketones is 1. The molecule has 0 heterocycles. The maximum atomic E-state index is 12.9. The minimum atomic E-state index is -0.391. The molecule has 3 nitrogen and oxygen atoms in total. The number of nitrogens with one attached hydrogen (secondary N) is 1. The monoisotopic (exact) mass is 379 g/mol. The van der Waals surface area contributed by atoms with Crippen LogP contribution in [0.15, 0.2) is 97.1 Å². The molecule has 0 saturated heterocycles. The lowest BCUT2D eigenvalue weighted by Gasteiger charge is -2.15. The second-order valence-corrected chi connectivity index (χ2v) is 7.06. The molecular weight excluding hydrogens is 358 g/mol. The molecule has 0 fully saturated rings. The molecule has 0 bridgehead atoms. The summed E-state index contributed by atoms with van der Waals surface area (Å²) in [6, 6.07) is 30.3. The molecule has 29 heavy (non-hydrogen) atoms. The molecule has 1 atom stereocenters. The van der Waals surface area contributed by atoms with E-state index in [0.717, 1.165) is 22.0 Å². The first-order valence-corrected chi connectivity index (χ1v) is 9.62. The summed E-state index contributed by atoms with van der Waals surface area (Å²) in [5, 5.41) is 5.12. The van der Waals surface area contributed by atoms with Crippen molar-refractivity contribution in [3.63, 3.8) is 0 Å². The lowest BCUT2D eigenvalue weighted by molar-refractivity contribution is -0.117. The van der Waals surface area contributed by atoms with E-state index in [4.69, 9.17) is 0 Å². The Kier molecular flexibility index (Phi) is 5.21. The van der Waals surface area contributed by atoms with Crippen LogP contribution in [0.2, 0.25) is 0 Å². The van der Waals surface area contributed by atoms with Crippen molar-refractivity contribution in [1.29, 1.82) is 0 Å². The molecule has 4 aromatic carbocycles. The molecule has 0 radical (unpaired) electrons. The summed E-state index contributed by atoms with van der Waals surface area (Å²) in [5.74, 6) is -0.544.